The molecule has 76 valence electrons. The van der Waals surface area contributed by atoms with E-state index in [-0.39, 0.29) is 0 Å². The highest BCUT2D eigenvalue weighted by Gasteiger charge is 2.61. The second-order valence-electron chi connectivity index (χ2n) is 1.68. The lowest BCUT2D eigenvalue weighted by atomic mass is 15.8. The Morgan fingerprint density at radius 2 is 1.42 bits per heavy atom. The lowest BCUT2D eigenvalue weighted by Crippen LogP contribution is -2.38. The van der Waals surface area contributed by atoms with E-state index in [4.69, 9.17) is 23.4 Å². The van der Waals surface area contributed by atoms with Gasteiger partial charge in [0.1, 0.15) is 0 Å². The minimum atomic E-state index is -7.37. The average molecular weight is 244 g/mol. The zero-order valence-corrected chi connectivity index (χ0v) is 7.66. The van der Waals surface area contributed by atoms with E-state index in [1.165, 1.54) is 0 Å². The molecule has 9 nitrogen and oxygen atoms in total. The summed E-state index contributed by atoms with van der Waals surface area (Å²) in [4.78, 5) is 15.9. The van der Waals surface area contributed by atoms with Gasteiger partial charge in [-0.15, -0.1) is 0 Å². The Morgan fingerprint density at radius 3 is 1.42 bits per heavy atom. The third kappa shape index (κ3) is 1.45. The van der Waals surface area contributed by atoms with Gasteiger partial charge < -0.3 is 9.79 Å². The highest BCUT2D eigenvalue weighted by Crippen LogP contribution is 2.59. The zero-order valence-electron chi connectivity index (χ0n) is 5.13. The molecule has 0 unspecified atom stereocenters. The molecule has 0 fully saturated rings. The number of hydrogen-bond donors (Lipinski definition) is 5. The van der Waals surface area contributed by atoms with Gasteiger partial charge in [0, 0.05) is 0 Å². The summed E-state index contributed by atoms with van der Waals surface area (Å²) in [5, 5.41) is 0. The maximum absolute atomic E-state index is 10.3. The first-order valence-electron chi connectivity index (χ1n) is 1.98. The van der Waals surface area contributed by atoms with E-state index in [9.17, 15) is 17.2 Å². The summed E-state index contributed by atoms with van der Waals surface area (Å²) in [6.45, 7) is -6.28. The fourth-order valence-corrected chi connectivity index (χ4v) is 3.31. The standard InChI is InChI=1S/H5O9PS2/c1-10(2,3)12(7,8,9)11(4,5)6/h(H2,1,2,3)(H,4,5,6)(H2,7,8,9). The van der Waals surface area contributed by atoms with Crippen molar-refractivity contribution in [1.82, 2.24) is 0 Å². The molecular formula is H5O9PS2. The van der Waals surface area contributed by atoms with E-state index in [1.54, 1.807) is 0 Å². The maximum Gasteiger partial charge on any atom is 0.452 e. The molecule has 0 aromatic heterocycles. The molecule has 0 bridgehead atoms. The maximum atomic E-state index is 10.3. The summed E-state index contributed by atoms with van der Waals surface area (Å²) >= 11 is 0. The Labute approximate surface area is 65.5 Å². The van der Waals surface area contributed by atoms with Gasteiger partial charge in [-0.2, -0.15) is 8.42 Å². The van der Waals surface area contributed by atoms with Crippen LogP contribution < -0.4 is 0 Å². The lowest BCUT2D eigenvalue weighted by Gasteiger charge is -2.26. The molecule has 12 heteroatoms. The molecular weight excluding hydrogens is 239 g/mol. The topological polar surface area (TPSA) is 169 Å². The van der Waals surface area contributed by atoms with Crippen molar-refractivity contribution in [3.8, 4) is 0 Å². The van der Waals surface area contributed by atoms with Gasteiger partial charge in [-0.25, -0.2) is 8.77 Å². The van der Waals surface area contributed by atoms with Crippen LogP contribution in [0.2, 0.25) is 0 Å². The summed E-state index contributed by atoms with van der Waals surface area (Å²) in [5.74, 6) is 0. The van der Waals surface area contributed by atoms with Gasteiger partial charge in [0.2, 0.25) is 0 Å². The molecule has 12 heavy (non-hydrogen) atoms. The molecule has 0 amide bonds. The third-order valence-corrected chi connectivity index (χ3v) is 10.4. The molecule has 0 aliphatic carbocycles. The Hall–Kier alpha value is 0.130. The Bertz CT molecular complexity index is 384. The van der Waals surface area contributed by atoms with Gasteiger partial charge >= 0.3 is 24.2 Å². The van der Waals surface area contributed by atoms with Crippen LogP contribution >= 0.6 is 6.80 Å². The molecule has 5 N–H and O–H groups in total. The Kier molecular flexibility index (Phi) is 2.36. The van der Waals surface area contributed by atoms with Crippen LogP contribution in [0.25, 0.3) is 0 Å². The van der Waals surface area contributed by atoms with E-state index in [0.717, 1.165) is 0 Å². The van der Waals surface area contributed by atoms with Crippen molar-refractivity contribution < 1.29 is 40.6 Å². The van der Waals surface area contributed by atoms with Gasteiger partial charge in [0.05, 0.1) is 0 Å². The number of rotatable bonds is 2. The second kappa shape index (κ2) is 2.33. The predicted octanol–water partition coefficient (Wildman–Crippen LogP) is -1.35. The monoisotopic (exact) mass is 244 g/mol. The van der Waals surface area contributed by atoms with Crippen LogP contribution in [0.1, 0.15) is 0 Å². The molecule has 0 rings (SSSR count). The van der Waals surface area contributed by atoms with E-state index in [2.05, 4.69) is 0 Å². The SMILES string of the molecule is O=P(O)(O)S(=O)(O)(O)S(=O)(=O)O. The van der Waals surface area contributed by atoms with Gasteiger partial charge in [-0.1, -0.05) is 0 Å². The summed E-state index contributed by atoms with van der Waals surface area (Å²) in [6.07, 6.45) is 0. The molecule has 0 aromatic carbocycles. The van der Waals surface area contributed by atoms with Crippen molar-refractivity contribution >= 4 is 24.2 Å². The summed E-state index contributed by atoms with van der Waals surface area (Å²) in [6, 6.07) is 0. The molecule has 0 radical (unpaired) electrons. The molecule has 0 atom stereocenters. The molecule has 0 aliphatic heterocycles. The molecule has 0 aromatic rings. The van der Waals surface area contributed by atoms with Crippen molar-refractivity contribution in [2.45, 2.75) is 0 Å². The average Bonchev–Trinajstić information content (AvgIpc) is 1.55. The van der Waals surface area contributed by atoms with Gasteiger partial charge in [0.25, 0.3) is 0 Å². The van der Waals surface area contributed by atoms with Crippen LogP contribution in [-0.2, 0) is 22.0 Å². The van der Waals surface area contributed by atoms with Crippen LogP contribution in [0.3, 0.4) is 0 Å². The van der Waals surface area contributed by atoms with Crippen LogP contribution in [-0.4, -0.2) is 36.1 Å². The highest BCUT2D eigenvalue weighted by atomic mass is 33.4. The lowest BCUT2D eigenvalue weighted by molar-refractivity contribution is 0.352. The van der Waals surface area contributed by atoms with Crippen molar-refractivity contribution in [1.29, 1.82) is 0 Å². The van der Waals surface area contributed by atoms with Crippen molar-refractivity contribution in [2.75, 3.05) is 0 Å². The first-order valence-corrected chi connectivity index (χ1v) is 8.03. The van der Waals surface area contributed by atoms with Crippen molar-refractivity contribution in [3.63, 3.8) is 0 Å². The molecule has 0 aliphatic rings. The van der Waals surface area contributed by atoms with Crippen molar-refractivity contribution in [3.05, 3.63) is 0 Å². The molecule has 0 heterocycles. The van der Waals surface area contributed by atoms with Crippen LogP contribution in [0.4, 0.5) is 0 Å². The van der Waals surface area contributed by atoms with Gasteiger partial charge in [-0.3, -0.25) is 13.7 Å². The van der Waals surface area contributed by atoms with Gasteiger partial charge in [0.15, 0.2) is 0 Å². The fourth-order valence-electron chi connectivity index (χ4n) is 0.123. The van der Waals surface area contributed by atoms with Crippen molar-refractivity contribution in [2.24, 2.45) is 0 Å². The summed E-state index contributed by atoms with van der Waals surface area (Å²) in [5.41, 5.74) is 0. The quantitative estimate of drug-likeness (QED) is 0.224. The fraction of sp³-hybridized carbons (Fsp3) is 0. The number of hydrogen-bond acceptors (Lipinski definition) is 4. The highest BCUT2D eigenvalue weighted by molar-refractivity contribution is 8.98. The molecule has 0 spiro atoms. The van der Waals surface area contributed by atoms with E-state index in [1.807, 2.05) is 0 Å². The predicted molar refractivity (Wildman–Crippen MR) is 37.0 cm³/mol. The third-order valence-electron chi connectivity index (χ3n) is 0.775. The normalized spacial score (nSPS) is 18.2. The van der Waals surface area contributed by atoms with Crippen LogP contribution in [0, 0.1) is 0 Å². The van der Waals surface area contributed by atoms with Crippen LogP contribution in [0.5, 0.6) is 0 Å². The largest absolute Gasteiger partial charge is 0.452 e. The minimum absolute atomic E-state index is 6.16. The summed E-state index contributed by atoms with van der Waals surface area (Å²) in [7, 11) is -13.5. The first kappa shape index (κ1) is 12.1. The molecule has 0 saturated heterocycles. The van der Waals surface area contributed by atoms with E-state index in [0.29, 0.717) is 0 Å². The van der Waals surface area contributed by atoms with Crippen LogP contribution in [0.15, 0.2) is 0 Å². The Balaban J connectivity index is 6.03. The second-order valence-corrected chi connectivity index (χ2v) is 12.2. The minimum Gasteiger partial charge on any atom is -0.312 e. The Morgan fingerprint density at radius 1 is 1.17 bits per heavy atom. The first-order chi connectivity index (χ1) is 4.79. The smallest absolute Gasteiger partial charge is 0.312 e. The van der Waals surface area contributed by atoms with E-state index >= 15 is 0 Å². The van der Waals surface area contributed by atoms with Gasteiger partial charge in [-0.05, 0) is 0 Å². The molecule has 0 saturated carbocycles. The zero-order chi connectivity index (χ0) is 10.4. The summed E-state index contributed by atoms with van der Waals surface area (Å²) < 4.78 is 64.4. The van der Waals surface area contributed by atoms with E-state index < -0.39 is 24.2 Å².